The molecule has 3 rings (SSSR count). The van der Waals surface area contributed by atoms with Gasteiger partial charge in [-0.25, -0.2) is 14.6 Å². The Morgan fingerprint density at radius 1 is 1.17 bits per heavy atom. The summed E-state index contributed by atoms with van der Waals surface area (Å²) in [6.45, 7) is 0. The summed E-state index contributed by atoms with van der Waals surface area (Å²) in [6, 6.07) is 7.60. The van der Waals surface area contributed by atoms with E-state index in [1.165, 1.54) is 11.0 Å². The number of thiocarbonyl (C=S) groups is 1. The van der Waals surface area contributed by atoms with E-state index in [0.29, 0.717) is 11.6 Å². The molecule has 0 saturated heterocycles. The second kappa shape index (κ2) is 4.11. The molecule has 0 unspecified atom stereocenters. The first-order valence-corrected chi connectivity index (χ1v) is 5.58. The van der Waals surface area contributed by atoms with Crippen molar-refractivity contribution in [1.82, 2.24) is 24.7 Å². The highest BCUT2D eigenvalue weighted by atomic mass is 32.1. The Morgan fingerprint density at radius 3 is 2.67 bits per heavy atom. The summed E-state index contributed by atoms with van der Waals surface area (Å²) in [5.74, 6) is 0.892. The molecule has 0 spiro atoms. The summed E-state index contributed by atoms with van der Waals surface area (Å²) in [5.41, 5.74) is 7.08. The van der Waals surface area contributed by atoms with E-state index >= 15 is 0 Å². The maximum atomic E-state index is 5.45. The van der Waals surface area contributed by atoms with Crippen LogP contribution in [-0.2, 0) is 0 Å². The van der Waals surface area contributed by atoms with Gasteiger partial charge in [-0.15, -0.1) is 5.10 Å². The fourth-order valence-corrected chi connectivity index (χ4v) is 1.64. The minimum absolute atomic E-state index is 0.155. The number of hydrogen-bond acceptors (Lipinski definition) is 5. The molecule has 0 aliphatic heterocycles. The number of nitrogens with two attached hydrogens (primary N) is 1. The highest BCUT2D eigenvalue weighted by Crippen LogP contribution is 2.10. The summed E-state index contributed by atoms with van der Waals surface area (Å²) in [4.78, 5) is 12.9. The van der Waals surface area contributed by atoms with Gasteiger partial charge in [-0.1, -0.05) is 24.4 Å². The highest BCUT2D eigenvalue weighted by molar-refractivity contribution is 7.80. The minimum Gasteiger partial charge on any atom is -0.387 e. The van der Waals surface area contributed by atoms with Crippen molar-refractivity contribution in [3.05, 3.63) is 42.6 Å². The summed E-state index contributed by atoms with van der Waals surface area (Å²) >= 11 is 4.81. The largest absolute Gasteiger partial charge is 0.387 e. The first-order chi connectivity index (χ1) is 8.74. The van der Waals surface area contributed by atoms with E-state index in [1.807, 2.05) is 24.3 Å². The van der Waals surface area contributed by atoms with Gasteiger partial charge >= 0.3 is 0 Å². The van der Waals surface area contributed by atoms with Crippen molar-refractivity contribution in [1.29, 1.82) is 0 Å². The van der Waals surface area contributed by atoms with Crippen LogP contribution in [0.15, 0.2) is 36.8 Å². The lowest BCUT2D eigenvalue weighted by Crippen LogP contribution is -2.12. The predicted octanol–water partition coefficient (Wildman–Crippen LogP) is 0.845. The molecule has 0 bridgehead atoms. The van der Waals surface area contributed by atoms with Crippen LogP contribution in [0.3, 0.4) is 0 Å². The van der Waals surface area contributed by atoms with E-state index in [-0.39, 0.29) is 4.99 Å². The number of aromatic nitrogens is 5. The van der Waals surface area contributed by atoms with Crippen LogP contribution >= 0.6 is 12.2 Å². The van der Waals surface area contributed by atoms with Crippen molar-refractivity contribution >= 4 is 28.2 Å². The maximum Gasteiger partial charge on any atom is 0.208 e. The van der Waals surface area contributed by atoms with E-state index < -0.39 is 0 Å². The molecule has 0 radical (unpaired) electrons. The first-order valence-electron chi connectivity index (χ1n) is 5.18. The average molecular weight is 256 g/mol. The minimum atomic E-state index is 0.155. The van der Waals surface area contributed by atoms with Crippen LogP contribution in [0.4, 0.5) is 0 Å². The molecule has 0 aliphatic carbocycles. The van der Waals surface area contributed by atoms with Crippen molar-refractivity contribution in [3.8, 4) is 5.82 Å². The smallest absolute Gasteiger partial charge is 0.208 e. The Bertz CT molecular complexity index is 735. The molecule has 0 fully saturated rings. The number of nitrogens with zero attached hydrogens (tertiary/aromatic N) is 5. The third-order valence-corrected chi connectivity index (χ3v) is 2.57. The molecule has 88 valence electrons. The van der Waals surface area contributed by atoms with Gasteiger partial charge in [0.15, 0.2) is 5.82 Å². The van der Waals surface area contributed by atoms with Crippen molar-refractivity contribution in [3.63, 3.8) is 0 Å². The fraction of sp³-hybridized carbons (Fsp3) is 0. The Morgan fingerprint density at radius 2 is 1.94 bits per heavy atom. The summed E-state index contributed by atoms with van der Waals surface area (Å²) in [6.07, 6.45) is 3.13. The van der Waals surface area contributed by atoms with Gasteiger partial charge in [0.2, 0.25) is 5.82 Å². The van der Waals surface area contributed by atoms with Crippen LogP contribution in [0.5, 0.6) is 0 Å². The summed E-state index contributed by atoms with van der Waals surface area (Å²) < 4.78 is 1.49. The van der Waals surface area contributed by atoms with E-state index in [1.54, 1.807) is 6.20 Å². The SMILES string of the molecule is NC(=S)c1ncn(-c2cnc3ccccc3n2)n1. The second-order valence-electron chi connectivity index (χ2n) is 3.59. The van der Waals surface area contributed by atoms with Gasteiger partial charge in [0, 0.05) is 0 Å². The number of rotatable bonds is 2. The molecule has 0 aliphatic rings. The molecule has 2 heterocycles. The van der Waals surface area contributed by atoms with Gasteiger partial charge in [0.1, 0.15) is 11.3 Å². The van der Waals surface area contributed by atoms with Crippen LogP contribution in [0.2, 0.25) is 0 Å². The first kappa shape index (κ1) is 10.7. The molecule has 2 N–H and O–H groups in total. The lowest BCUT2D eigenvalue weighted by Gasteiger charge is -2.00. The fourth-order valence-electron chi connectivity index (χ4n) is 1.54. The normalized spacial score (nSPS) is 10.7. The van der Waals surface area contributed by atoms with Gasteiger partial charge in [0.25, 0.3) is 0 Å². The Balaban J connectivity index is 2.10. The van der Waals surface area contributed by atoms with Gasteiger partial charge < -0.3 is 5.73 Å². The molecule has 2 aromatic heterocycles. The molecular formula is C11H8N6S. The highest BCUT2D eigenvalue weighted by Gasteiger charge is 2.06. The molecule has 1 aromatic carbocycles. The zero-order chi connectivity index (χ0) is 12.5. The molecule has 0 amide bonds. The van der Waals surface area contributed by atoms with Gasteiger partial charge in [-0.2, -0.15) is 0 Å². The van der Waals surface area contributed by atoms with Gasteiger partial charge in [0.05, 0.1) is 17.2 Å². The summed E-state index contributed by atoms with van der Waals surface area (Å²) in [5, 5.41) is 4.12. The molecule has 7 heteroatoms. The zero-order valence-corrected chi connectivity index (χ0v) is 10.0. The van der Waals surface area contributed by atoms with Crippen LogP contribution in [0.25, 0.3) is 16.9 Å². The third kappa shape index (κ3) is 1.80. The lowest BCUT2D eigenvalue weighted by molar-refractivity contribution is 0.841. The summed E-state index contributed by atoms with van der Waals surface area (Å²) in [7, 11) is 0. The number of para-hydroxylation sites is 2. The second-order valence-corrected chi connectivity index (χ2v) is 4.03. The Labute approximate surface area is 107 Å². The van der Waals surface area contributed by atoms with Crippen molar-refractivity contribution in [2.75, 3.05) is 0 Å². The Kier molecular flexibility index (Phi) is 2.45. The van der Waals surface area contributed by atoms with Crippen LogP contribution in [-0.4, -0.2) is 29.7 Å². The molecule has 18 heavy (non-hydrogen) atoms. The van der Waals surface area contributed by atoms with Gasteiger partial charge in [-0.05, 0) is 12.1 Å². The van der Waals surface area contributed by atoms with Crippen molar-refractivity contribution < 1.29 is 0 Å². The van der Waals surface area contributed by atoms with Crippen LogP contribution < -0.4 is 5.73 Å². The molecule has 0 atom stereocenters. The third-order valence-electron chi connectivity index (χ3n) is 2.38. The molecule has 0 saturated carbocycles. The number of fused-ring (bicyclic) bond motifs is 1. The topological polar surface area (TPSA) is 82.5 Å². The van der Waals surface area contributed by atoms with Crippen LogP contribution in [0.1, 0.15) is 5.82 Å². The Hall–Kier alpha value is -2.41. The van der Waals surface area contributed by atoms with E-state index in [4.69, 9.17) is 18.0 Å². The van der Waals surface area contributed by atoms with Crippen LogP contribution in [0, 0.1) is 0 Å². The van der Waals surface area contributed by atoms with E-state index in [9.17, 15) is 0 Å². The zero-order valence-electron chi connectivity index (χ0n) is 9.19. The molecule has 6 nitrogen and oxygen atoms in total. The quantitative estimate of drug-likeness (QED) is 0.684. The van der Waals surface area contributed by atoms with Gasteiger partial charge in [-0.3, -0.25) is 4.98 Å². The number of benzene rings is 1. The molecule has 3 aromatic rings. The predicted molar refractivity (Wildman–Crippen MR) is 70.3 cm³/mol. The average Bonchev–Trinajstić information content (AvgIpc) is 2.88. The number of hydrogen-bond donors (Lipinski definition) is 1. The maximum absolute atomic E-state index is 5.45. The standard InChI is InChI=1S/C11H8N6S/c12-10(18)11-14-6-17(16-11)9-5-13-7-3-1-2-4-8(7)15-9/h1-6H,(H2,12,18). The van der Waals surface area contributed by atoms with Crippen molar-refractivity contribution in [2.45, 2.75) is 0 Å². The van der Waals surface area contributed by atoms with E-state index in [2.05, 4.69) is 20.1 Å². The molecular weight excluding hydrogens is 248 g/mol. The van der Waals surface area contributed by atoms with E-state index in [0.717, 1.165) is 11.0 Å². The van der Waals surface area contributed by atoms with Crippen molar-refractivity contribution in [2.24, 2.45) is 5.73 Å². The monoisotopic (exact) mass is 256 g/mol. The lowest BCUT2D eigenvalue weighted by atomic mass is 10.3.